The van der Waals surface area contributed by atoms with Gasteiger partial charge in [-0.1, -0.05) is 24.7 Å². The normalized spacial score (nSPS) is 10.7. The summed E-state index contributed by atoms with van der Waals surface area (Å²) in [5.41, 5.74) is 1.16. The topological polar surface area (TPSA) is 66.8 Å². The third-order valence-corrected chi connectivity index (χ3v) is 4.90. The predicted molar refractivity (Wildman–Crippen MR) is 88.5 cm³/mol. The summed E-state index contributed by atoms with van der Waals surface area (Å²) in [4.78, 5) is 10.7. The predicted octanol–water partition coefficient (Wildman–Crippen LogP) is 2.93. The molecule has 0 saturated heterocycles. The van der Waals surface area contributed by atoms with Gasteiger partial charge >= 0.3 is 0 Å². The Morgan fingerprint density at radius 3 is 2.67 bits per heavy atom. The van der Waals surface area contributed by atoms with Crippen molar-refractivity contribution in [1.82, 2.24) is 20.2 Å². The van der Waals surface area contributed by atoms with Crippen LogP contribution in [-0.4, -0.2) is 40.8 Å². The van der Waals surface area contributed by atoms with Crippen molar-refractivity contribution in [3.8, 4) is 0 Å². The molecule has 114 valence electrons. The zero-order valence-electron chi connectivity index (χ0n) is 12.8. The lowest BCUT2D eigenvalue weighted by Gasteiger charge is -2.11. The molecule has 0 unspecified atom stereocenters. The minimum absolute atomic E-state index is 0.849. The Balaban J connectivity index is 2.27. The number of hydrogen-bond acceptors (Lipinski definition) is 8. The highest BCUT2D eigenvalue weighted by atomic mass is 32.2. The number of hydrogen-bond donors (Lipinski definition) is 1. The number of anilines is 2. The molecule has 2 aromatic rings. The van der Waals surface area contributed by atoms with E-state index in [1.54, 1.807) is 29.4 Å². The van der Waals surface area contributed by atoms with Gasteiger partial charge < -0.3 is 10.2 Å². The van der Waals surface area contributed by atoms with Gasteiger partial charge in [-0.05, 0) is 25.1 Å². The van der Waals surface area contributed by atoms with Crippen molar-refractivity contribution in [2.45, 2.75) is 36.1 Å². The van der Waals surface area contributed by atoms with Gasteiger partial charge in [0, 0.05) is 26.2 Å². The van der Waals surface area contributed by atoms with Crippen LogP contribution in [0.4, 0.5) is 10.9 Å². The monoisotopic (exact) mass is 324 g/mol. The van der Waals surface area contributed by atoms with Crippen LogP contribution in [-0.2, 0) is 6.42 Å². The molecule has 0 atom stereocenters. The van der Waals surface area contributed by atoms with Crippen LogP contribution in [0.3, 0.4) is 0 Å². The summed E-state index contributed by atoms with van der Waals surface area (Å²) >= 11 is 3.13. The van der Waals surface area contributed by atoms with Crippen molar-refractivity contribution in [3.63, 3.8) is 0 Å². The zero-order valence-corrected chi connectivity index (χ0v) is 14.4. The van der Waals surface area contributed by atoms with Crippen LogP contribution in [0.5, 0.6) is 0 Å². The fourth-order valence-electron chi connectivity index (χ4n) is 1.79. The number of nitrogens with one attached hydrogen (secondary N) is 1. The first-order chi connectivity index (χ1) is 10.2. The molecule has 8 heteroatoms. The molecule has 2 rings (SSSR count). The first kappa shape index (κ1) is 16.0. The molecule has 0 aromatic carbocycles. The van der Waals surface area contributed by atoms with E-state index < -0.39 is 0 Å². The van der Waals surface area contributed by atoms with Gasteiger partial charge in [0.2, 0.25) is 5.13 Å². The molecule has 0 bridgehead atoms. The Morgan fingerprint density at radius 2 is 2.05 bits per heavy atom. The molecule has 21 heavy (non-hydrogen) atoms. The highest BCUT2D eigenvalue weighted by Crippen LogP contribution is 2.35. The highest BCUT2D eigenvalue weighted by molar-refractivity contribution is 8.01. The lowest BCUT2D eigenvalue weighted by molar-refractivity contribution is 0.854. The number of aromatic nitrogens is 4. The van der Waals surface area contributed by atoms with E-state index in [4.69, 9.17) is 0 Å². The van der Waals surface area contributed by atoms with Crippen molar-refractivity contribution in [2.75, 3.05) is 30.9 Å². The minimum atomic E-state index is 0.849. The average molecular weight is 324 g/mol. The molecule has 6 nitrogen and oxygen atoms in total. The lowest BCUT2D eigenvalue weighted by Crippen LogP contribution is -2.07. The SMILES string of the molecule is CCCc1c(NCC)ncnc1Sc1nnc(N(C)C)s1. The molecular weight excluding hydrogens is 304 g/mol. The number of rotatable bonds is 7. The van der Waals surface area contributed by atoms with Crippen LogP contribution >= 0.6 is 23.1 Å². The molecule has 0 radical (unpaired) electrons. The zero-order chi connectivity index (χ0) is 15.2. The molecule has 0 aliphatic carbocycles. The van der Waals surface area contributed by atoms with Gasteiger partial charge in [-0.3, -0.25) is 0 Å². The maximum Gasteiger partial charge on any atom is 0.208 e. The van der Waals surface area contributed by atoms with E-state index in [0.717, 1.165) is 45.3 Å². The van der Waals surface area contributed by atoms with E-state index in [2.05, 4.69) is 39.3 Å². The second-order valence-corrected chi connectivity index (χ2v) is 6.83. The van der Waals surface area contributed by atoms with Crippen molar-refractivity contribution in [2.24, 2.45) is 0 Å². The second kappa shape index (κ2) is 7.56. The largest absolute Gasteiger partial charge is 0.370 e. The van der Waals surface area contributed by atoms with E-state index >= 15 is 0 Å². The summed E-state index contributed by atoms with van der Waals surface area (Å²) in [5.74, 6) is 0.925. The van der Waals surface area contributed by atoms with Gasteiger partial charge in [0.25, 0.3) is 0 Å². The van der Waals surface area contributed by atoms with Gasteiger partial charge in [0.05, 0.1) is 0 Å². The molecule has 1 N–H and O–H groups in total. The quantitative estimate of drug-likeness (QED) is 0.785. The highest BCUT2D eigenvalue weighted by Gasteiger charge is 2.14. The van der Waals surface area contributed by atoms with Crippen molar-refractivity contribution < 1.29 is 0 Å². The summed E-state index contributed by atoms with van der Waals surface area (Å²) in [6.45, 7) is 5.08. The molecule has 0 saturated carbocycles. The first-order valence-electron chi connectivity index (χ1n) is 6.92. The van der Waals surface area contributed by atoms with Gasteiger partial charge in [-0.2, -0.15) is 0 Å². The Hall–Kier alpha value is -1.41. The number of nitrogens with zero attached hydrogens (tertiary/aromatic N) is 5. The third kappa shape index (κ3) is 4.04. The molecule has 0 aliphatic heterocycles. The molecule has 0 spiro atoms. The van der Waals surface area contributed by atoms with E-state index in [1.165, 1.54) is 0 Å². The Kier molecular flexibility index (Phi) is 5.75. The summed E-state index contributed by atoms with van der Waals surface area (Å²) < 4.78 is 0.900. The van der Waals surface area contributed by atoms with Crippen LogP contribution in [0.15, 0.2) is 15.7 Å². The van der Waals surface area contributed by atoms with Gasteiger partial charge in [-0.25, -0.2) is 9.97 Å². The molecular formula is C13H20N6S2. The molecule has 0 fully saturated rings. The standard InChI is InChI=1S/C13H20N6S2/c1-5-7-9-10(14-6-2)15-8-16-11(9)20-13-18-17-12(21-13)19(3)4/h8H,5-7H2,1-4H3,(H,14,15,16). The van der Waals surface area contributed by atoms with Crippen LogP contribution in [0.25, 0.3) is 0 Å². The van der Waals surface area contributed by atoms with Crippen molar-refractivity contribution in [1.29, 1.82) is 0 Å². The second-order valence-electron chi connectivity index (χ2n) is 4.63. The fraction of sp³-hybridized carbons (Fsp3) is 0.538. The maximum atomic E-state index is 4.43. The van der Waals surface area contributed by atoms with Crippen molar-refractivity contribution >= 4 is 34.0 Å². The van der Waals surface area contributed by atoms with Crippen LogP contribution < -0.4 is 10.2 Å². The van der Waals surface area contributed by atoms with E-state index in [-0.39, 0.29) is 0 Å². The maximum absolute atomic E-state index is 4.43. The Bertz CT molecular complexity index is 584. The lowest BCUT2D eigenvalue weighted by atomic mass is 10.2. The molecule has 2 heterocycles. The van der Waals surface area contributed by atoms with Gasteiger partial charge in [0.1, 0.15) is 17.2 Å². The van der Waals surface area contributed by atoms with E-state index in [0.29, 0.717) is 0 Å². The Labute approximate surface area is 133 Å². The van der Waals surface area contributed by atoms with Crippen LogP contribution in [0.1, 0.15) is 25.8 Å². The van der Waals surface area contributed by atoms with Crippen molar-refractivity contribution in [3.05, 3.63) is 11.9 Å². The van der Waals surface area contributed by atoms with E-state index in [1.807, 2.05) is 19.0 Å². The van der Waals surface area contributed by atoms with Gasteiger partial charge in [0.15, 0.2) is 4.34 Å². The fourth-order valence-corrected chi connectivity index (χ4v) is 3.58. The molecule has 0 amide bonds. The van der Waals surface area contributed by atoms with Crippen LogP contribution in [0, 0.1) is 0 Å². The summed E-state index contributed by atoms with van der Waals surface area (Å²) in [6.07, 6.45) is 3.61. The average Bonchev–Trinajstić information content (AvgIpc) is 2.91. The Morgan fingerprint density at radius 1 is 1.24 bits per heavy atom. The first-order valence-corrected chi connectivity index (χ1v) is 8.55. The summed E-state index contributed by atoms with van der Waals surface area (Å²) in [7, 11) is 3.93. The summed E-state index contributed by atoms with van der Waals surface area (Å²) in [6, 6.07) is 0. The van der Waals surface area contributed by atoms with Crippen LogP contribution in [0.2, 0.25) is 0 Å². The summed E-state index contributed by atoms with van der Waals surface area (Å²) in [5, 5.41) is 13.5. The van der Waals surface area contributed by atoms with E-state index in [9.17, 15) is 0 Å². The minimum Gasteiger partial charge on any atom is -0.370 e. The molecule has 2 aromatic heterocycles. The molecule has 0 aliphatic rings. The van der Waals surface area contributed by atoms with Gasteiger partial charge in [-0.15, -0.1) is 10.2 Å². The smallest absolute Gasteiger partial charge is 0.208 e. The third-order valence-electron chi connectivity index (χ3n) is 2.71.